The van der Waals surface area contributed by atoms with Crippen LogP contribution >= 0.6 is 12.2 Å². The molecule has 1 aliphatic rings. The van der Waals surface area contributed by atoms with Gasteiger partial charge in [-0.15, -0.1) is 0 Å². The Morgan fingerprint density at radius 3 is 2.75 bits per heavy atom. The first kappa shape index (κ1) is 9.23. The number of rotatable bonds is 4. The second-order valence-electron chi connectivity index (χ2n) is 2.85. The third-order valence-electron chi connectivity index (χ3n) is 1.76. The first-order valence-corrected chi connectivity index (χ1v) is 4.30. The van der Waals surface area contributed by atoms with Crippen molar-refractivity contribution < 1.29 is 0 Å². The predicted octanol–water partition coefficient (Wildman–Crippen LogP) is 1.74. The van der Waals surface area contributed by atoms with Gasteiger partial charge in [0.2, 0.25) is 0 Å². The van der Waals surface area contributed by atoms with Crippen molar-refractivity contribution in [3.05, 3.63) is 0 Å². The lowest BCUT2D eigenvalue weighted by Crippen LogP contribution is -2.16. The number of aliphatic imine (C=N–C) groups is 3. The van der Waals surface area contributed by atoms with E-state index in [0.29, 0.717) is 0 Å². The molecular formula is C8H11N3S. The van der Waals surface area contributed by atoms with E-state index < -0.39 is 0 Å². The van der Waals surface area contributed by atoms with E-state index in [9.17, 15) is 0 Å². The number of isothiocyanates is 1. The lowest BCUT2D eigenvalue weighted by molar-refractivity contribution is 0.455. The lowest BCUT2D eigenvalue weighted by atomic mass is 10.1. The van der Waals surface area contributed by atoms with Crippen molar-refractivity contribution in [2.75, 3.05) is 6.54 Å². The highest BCUT2D eigenvalue weighted by atomic mass is 32.1. The van der Waals surface area contributed by atoms with Crippen LogP contribution in [0.4, 0.5) is 0 Å². The zero-order chi connectivity index (χ0) is 8.86. The van der Waals surface area contributed by atoms with Crippen LogP contribution in [0.15, 0.2) is 15.0 Å². The summed E-state index contributed by atoms with van der Waals surface area (Å²) in [6.07, 6.45) is 5.35. The molecule has 0 N–H and O–H groups in total. The first-order chi connectivity index (χ1) is 5.77. The summed E-state index contributed by atoms with van der Waals surface area (Å²) in [6.45, 7) is 2.73. The number of hydrogen-bond acceptors (Lipinski definition) is 4. The van der Waals surface area contributed by atoms with E-state index in [1.165, 1.54) is 0 Å². The summed E-state index contributed by atoms with van der Waals surface area (Å²) in [5.41, 5.74) is -0.239. The highest BCUT2D eigenvalue weighted by Gasteiger charge is 2.21. The van der Waals surface area contributed by atoms with Gasteiger partial charge in [0.05, 0.1) is 5.16 Å². The molecule has 0 spiro atoms. The summed E-state index contributed by atoms with van der Waals surface area (Å²) in [4.78, 5) is 12.3. The fourth-order valence-electron chi connectivity index (χ4n) is 1.09. The van der Waals surface area contributed by atoms with E-state index in [0.717, 1.165) is 19.4 Å². The molecule has 1 rings (SSSR count). The van der Waals surface area contributed by atoms with Crippen LogP contribution in [-0.4, -0.2) is 29.8 Å². The van der Waals surface area contributed by atoms with E-state index in [-0.39, 0.29) is 5.66 Å². The normalized spacial score (nSPS) is 17.8. The fraction of sp³-hybridized carbons (Fsp3) is 0.625. The maximum absolute atomic E-state index is 4.45. The monoisotopic (exact) mass is 181 g/mol. The number of thiocarbonyl (C=S) groups is 1. The zero-order valence-electron chi connectivity index (χ0n) is 7.03. The Hall–Kier alpha value is -0.860. The molecule has 0 atom stereocenters. The molecular weight excluding hydrogens is 170 g/mol. The van der Waals surface area contributed by atoms with Crippen LogP contribution in [0.3, 0.4) is 0 Å². The van der Waals surface area contributed by atoms with Crippen molar-refractivity contribution in [2.24, 2.45) is 15.0 Å². The van der Waals surface area contributed by atoms with Gasteiger partial charge in [-0.3, -0.25) is 9.98 Å². The van der Waals surface area contributed by atoms with Crippen molar-refractivity contribution in [1.29, 1.82) is 0 Å². The summed E-state index contributed by atoms with van der Waals surface area (Å²) in [7, 11) is 0. The van der Waals surface area contributed by atoms with Crippen LogP contribution in [0, 0.1) is 0 Å². The SMILES string of the molecule is CC1(CCCN=C=S)N=CC=N1. The largest absolute Gasteiger partial charge is 0.262 e. The molecule has 12 heavy (non-hydrogen) atoms. The van der Waals surface area contributed by atoms with Crippen molar-refractivity contribution in [3.63, 3.8) is 0 Å². The first-order valence-electron chi connectivity index (χ1n) is 3.89. The molecule has 0 fully saturated rings. The standard InChI is InChI=1S/C8H11N3S/c1-8(10-5-6-11-8)3-2-4-9-7-12/h5-6H,2-4H2,1H3. The summed E-state index contributed by atoms with van der Waals surface area (Å²) in [5, 5.41) is 2.34. The highest BCUT2D eigenvalue weighted by Crippen LogP contribution is 2.20. The molecule has 0 aromatic carbocycles. The quantitative estimate of drug-likeness (QED) is 0.370. The molecule has 0 bridgehead atoms. The lowest BCUT2D eigenvalue weighted by Gasteiger charge is -2.15. The van der Waals surface area contributed by atoms with Crippen molar-refractivity contribution in [1.82, 2.24) is 0 Å². The van der Waals surface area contributed by atoms with Gasteiger partial charge >= 0.3 is 0 Å². The van der Waals surface area contributed by atoms with Gasteiger partial charge in [-0.2, -0.15) is 0 Å². The third-order valence-corrected chi connectivity index (χ3v) is 1.89. The van der Waals surface area contributed by atoms with E-state index >= 15 is 0 Å². The Morgan fingerprint density at radius 2 is 2.17 bits per heavy atom. The van der Waals surface area contributed by atoms with Crippen LogP contribution in [0.2, 0.25) is 0 Å². The Kier molecular flexibility index (Phi) is 3.26. The summed E-state index contributed by atoms with van der Waals surface area (Å²) < 4.78 is 0. The fourth-order valence-corrected chi connectivity index (χ4v) is 1.18. The molecule has 1 heterocycles. The summed E-state index contributed by atoms with van der Waals surface area (Å²) in [6, 6.07) is 0. The summed E-state index contributed by atoms with van der Waals surface area (Å²) in [5.74, 6) is 0. The minimum Gasteiger partial charge on any atom is -0.262 e. The Bertz CT molecular complexity index is 239. The van der Waals surface area contributed by atoms with Crippen LogP contribution in [0.25, 0.3) is 0 Å². The van der Waals surface area contributed by atoms with Gasteiger partial charge in [0, 0.05) is 19.0 Å². The van der Waals surface area contributed by atoms with Crippen molar-refractivity contribution in [2.45, 2.75) is 25.4 Å². The number of hydrogen-bond donors (Lipinski definition) is 0. The molecule has 3 nitrogen and oxygen atoms in total. The topological polar surface area (TPSA) is 37.1 Å². The second kappa shape index (κ2) is 4.24. The Balaban J connectivity index is 2.27. The molecule has 4 heteroatoms. The molecule has 0 aromatic heterocycles. The van der Waals surface area contributed by atoms with E-state index in [1.54, 1.807) is 12.4 Å². The van der Waals surface area contributed by atoms with Gasteiger partial charge in [0.1, 0.15) is 5.66 Å². The van der Waals surface area contributed by atoms with Crippen LogP contribution < -0.4 is 0 Å². The molecule has 0 radical (unpaired) electrons. The number of nitrogens with zero attached hydrogens (tertiary/aromatic N) is 3. The van der Waals surface area contributed by atoms with Gasteiger partial charge in [0.25, 0.3) is 0 Å². The zero-order valence-corrected chi connectivity index (χ0v) is 7.84. The maximum atomic E-state index is 4.45. The summed E-state index contributed by atoms with van der Waals surface area (Å²) >= 11 is 4.45. The minimum absolute atomic E-state index is 0.239. The Morgan fingerprint density at radius 1 is 1.50 bits per heavy atom. The van der Waals surface area contributed by atoms with Crippen LogP contribution in [-0.2, 0) is 0 Å². The molecule has 64 valence electrons. The smallest absolute Gasteiger partial charge is 0.147 e. The molecule has 1 aliphatic heterocycles. The predicted molar refractivity (Wildman–Crippen MR) is 54.5 cm³/mol. The van der Waals surface area contributed by atoms with Gasteiger partial charge < -0.3 is 0 Å². The average molecular weight is 181 g/mol. The molecule has 0 unspecified atom stereocenters. The van der Waals surface area contributed by atoms with Crippen molar-refractivity contribution in [3.8, 4) is 0 Å². The molecule has 0 saturated carbocycles. The minimum atomic E-state index is -0.239. The third kappa shape index (κ3) is 2.64. The maximum Gasteiger partial charge on any atom is 0.147 e. The van der Waals surface area contributed by atoms with Crippen molar-refractivity contribution >= 4 is 29.8 Å². The van der Waals surface area contributed by atoms with Gasteiger partial charge in [-0.05, 0) is 32.0 Å². The van der Waals surface area contributed by atoms with Gasteiger partial charge in [0.15, 0.2) is 0 Å². The van der Waals surface area contributed by atoms with Crippen LogP contribution in [0.5, 0.6) is 0 Å². The Labute approximate surface area is 77.3 Å². The van der Waals surface area contributed by atoms with Crippen LogP contribution in [0.1, 0.15) is 19.8 Å². The molecule has 0 aromatic rings. The van der Waals surface area contributed by atoms with E-state index in [2.05, 4.69) is 32.4 Å². The highest BCUT2D eigenvalue weighted by molar-refractivity contribution is 7.78. The molecule has 0 aliphatic carbocycles. The molecule has 0 saturated heterocycles. The van der Waals surface area contributed by atoms with Gasteiger partial charge in [-0.25, -0.2) is 4.99 Å². The molecule has 0 amide bonds. The van der Waals surface area contributed by atoms with E-state index in [4.69, 9.17) is 0 Å². The second-order valence-corrected chi connectivity index (χ2v) is 3.03. The van der Waals surface area contributed by atoms with Gasteiger partial charge in [-0.1, -0.05) is 0 Å². The average Bonchev–Trinajstić information content (AvgIpc) is 2.47. The van der Waals surface area contributed by atoms with E-state index in [1.807, 2.05) is 6.92 Å².